The summed E-state index contributed by atoms with van der Waals surface area (Å²) in [4.78, 5) is 12.4. The first kappa shape index (κ1) is 21.5. The minimum Gasteiger partial charge on any atom is -0.497 e. The minimum atomic E-state index is -3.77. The van der Waals surface area contributed by atoms with Crippen LogP contribution in [0.5, 0.6) is 5.75 Å². The maximum Gasteiger partial charge on any atom is 0.238 e. The highest BCUT2D eigenvalue weighted by atomic mass is 32.2. The number of anilines is 1. The van der Waals surface area contributed by atoms with Gasteiger partial charge in [0.05, 0.1) is 24.6 Å². The van der Waals surface area contributed by atoms with E-state index in [1.807, 2.05) is 54.6 Å². The molecule has 156 valence electrons. The third kappa shape index (κ3) is 5.66. The van der Waals surface area contributed by atoms with Gasteiger partial charge in [-0.05, 0) is 47.5 Å². The van der Waals surface area contributed by atoms with Crippen molar-refractivity contribution < 1.29 is 17.9 Å². The third-order valence-corrected chi connectivity index (χ3v) is 5.44. The molecule has 1 unspecified atom stereocenters. The number of nitrogens with one attached hydrogen (secondary N) is 2. The van der Waals surface area contributed by atoms with Crippen LogP contribution in [0, 0.1) is 0 Å². The Kier molecular flexibility index (Phi) is 6.83. The predicted octanol–water partition coefficient (Wildman–Crippen LogP) is 2.66. The Morgan fingerprint density at radius 1 is 0.933 bits per heavy atom. The molecular weight excluding hydrogens is 402 g/mol. The molecule has 4 N–H and O–H groups in total. The van der Waals surface area contributed by atoms with Crippen molar-refractivity contribution in [2.45, 2.75) is 10.9 Å². The number of sulfonamides is 1. The van der Waals surface area contributed by atoms with E-state index in [0.29, 0.717) is 5.69 Å². The lowest BCUT2D eigenvalue weighted by atomic mass is 9.98. The molecule has 30 heavy (non-hydrogen) atoms. The number of nitrogens with two attached hydrogens (primary N) is 1. The van der Waals surface area contributed by atoms with Crippen molar-refractivity contribution in [2.75, 3.05) is 19.0 Å². The Bertz CT molecular complexity index is 1080. The lowest BCUT2D eigenvalue weighted by molar-refractivity contribution is -0.115. The third-order valence-electron chi connectivity index (χ3n) is 4.52. The smallest absolute Gasteiger partial charge is 0.238 e. The zero-order valence-corrected chi connectivity index (χ0v) is 17.2. The summed E-state index contributed by atoms with van der Waals surface area (Å²) in [5.74, 6) is 0.499. The molecule has 7 nitrogen and oxygen atoms in total. The number of benzene rings is 3. The summed E-state index contributed by atoms with van der Waals surface area (Å²) in [5, 5.41) is 11.1. The molecule has 0 aliphatic rings. The summed E-state index contributed by atoms with van der Waals surface area (Å²) >= 11 is 0. The van der Waals surface area contributed by atoms with E-state index in [0.717, 1.165) is 16.9 Å². The van der Waals surface area contributed by atoms with Gasteiger partial charge >= 0.3 is 0 Å². The van der Waals surface area contributed by atoms with E-state index in [2.05, 4.69) is 10.6 Å². The number of carbonyl (C=O) groups excluding carboxylic acids is 1. The number of hydrogen-bond acceptors (Lipinski definition) is 5. The molecule has 3 aromatic carbocycles. The van der Waals surface area contributed by atoms with Crippen LogP contribution in [-0.2, 0) is 14.8 Å². The topological polar surface area (TPSA) is 111 Å². The summed E-state index contributed by atoms with van der Waals surface area (Å²) in [6.45, 7) is 0.0581. The van der Waals surface area contributed by atoms with Crippen molar-refractivity contribution in [3.05, 3.63) is 90.0 Å². The summed E-state index contributed by atoms with van der Waals surface area (Å²) in [6.07, 6.45) is 0. The molecule has 0 bridgehead atoms. The predicted molar refractivity (Wildman–Crippen MR) is 116 cm³/mol. The summed E-state index contributed by atoms with van der Waals surface area (Å²) < 4.78 is 27.9. The highest BCUT2D eigenvalue weighted by Crippen LogP contribution is 2.24. The van der Waals surface area contributed by atoms with Gasteiger partial charge in [-0.25, -0.2) is 13.6 Å². The molecule has 1 atom stereocenters. The zero-order valence-electron chi connectivity index (χ0n) is 16.4. The molecule has 8 heteroatoms. The molecule has 0 fully saturated rings. The fourth-order valence-electron chi connectivity index (χ4n) is 3.00. The van der Waals surface area contributed by atoms with Crippen LogP contribution in [0.4, 0.5) is 5.69 Å². The Hall–Kier alpha value is -3.20. The van der Waals surface area contributed by atoms with E-state index in [9.17, 15) is 13.2 Å². The Morgan fingerprint density at radius 3 is 2.10 bits per heavy atom. The van der Waals surface area contributed by atoms with Gasteiger partial charge in [-0.15, -0.1) is 0 Å². The number of primary sulfonamides is 1. The van der Waals surface area contributed by atoms with Crippen LogP contribution in [-0.4, -0.2) is 28.0 Å². The van der Waals surface area contributed by atoms with Crippen LogP contribution in [0.3, 0.4) is 0 Å². The number of methoxy groups -OCH3 is 1. The van der Waals surface area contributed by atoms with Crippen molar-refractivity contribution in [3.8, 4) is 5.75 Å². The van der Waals surface area contributed by atoms with Crippen molar-refractivity contribution in [2.24, 2.45) is 5.14 Å². The molecule has 0 heterocycles. The molecule has 0 aliphatic carbocycles. The molecule has 1 amide bonds. The Morgan fingerprint density at radius 2 is 1.53 bits per heavy atom. The molecule has 0 aromatic heterocycles. The maximum absolute atomic E-state index is 12.4. The lowest BCUT2D eigenvalue weighted by Crippen LogP contribution is -2.31. The highest BCUT2D eigenvalue weighted by Gasteiger charge is 2.15. The molecular formula is C22H23N3O4S. The number of hydrogen-bond donors (Lipinski definition) is 3. The average molecular weight is 426 g/mol. The van der Waals surface area contributed by atoms with E-state index in [1.165, 1.54) is 24.3 Å². The van der Waals surface area contributed by atoms with E-state index < -0.39 is 10.0 Å². The largest absolute Gasteiger partial charge is 0.497 e. The molecule has 0 spiro atoms. The molecule has 3 rings (SSSR count). The molecule has 0 saturated heterocycles. The Balaban J connectivity index is 1.69. The van der Waals surface area contributed by atoms with Crippen LogP contribution in [0.25, 0.3) is 0 Å². The first-order valence-electron chi connectivity index (χ1n) is 9.22. The molecule has 0 radical (unpaired) electrons. The lowest BCUT2D eigenvalue weighted by Gasteiger charge is -2.20. The standard InChI is InChI=1S/C22H23N3O4S/c1-29-19-11-7-17(8-12-19)22(16-5-3-2-4-6-16)24-15-21(26)25-18-9-13-20(14-10-18)30(23,27)28/h2-14,22,24H,15H2,1H3,(H,25,26)(H2,23,27,28). The van der Waals surface area contributed by atoms with Gasteiger partial charge in [0.15, 0.2) is 0 Å². The second-order valence-electron chi connectivity index (χ2n) is 6.62. The summed E-state index contributed by atoms with van der Waals surface area (Å²) in [6, 6.07) is 23.0. The van der Waals surface area contributed by atoms with Gasteiger partial charge in [-0.3, -0.25) is 10.1 Å². The monoisotopic (exact) mass is 425 g/mol. The van der Waals surface area contributed by atoms with Gasteiger partial charge in [-0.1, -0.05) is 42.5 Å². The van der Waals surface area contributed by atoms with Crippen molar-refractivity contribution in [1.29, 1.82) is 0 Å². The van der Waals surface area contributed by atoms with Gasteiger partial charge in [-0.2, -0.15) is 0 Å². The van der Waals surface area contributed by atoms with Gasteiger partial charge in [0.25, 0.3) is 0 Å². The van der Waals surface area contributed by atoms with Gasteiger partial charge < -0.3 is 10.1 Å². The molecule has 0 saturated carbocycles. The van der Waals surface area contributed by atoms with Crippen LogP contribution in [0.2, 0.25) is 0 Å². The van der Waals surface area contributed by atoms with E-state index in [4.69, 9.17) is 9.88 Å². The van der Waals surface area contributed by atoms with E-state index in [1.54, 1.807) is 7.11 Å². The van der Waals surface area contributed by atoms with Crippen LogP contribution < -0.4 is 20.5 Å². The number of amides is 1. The number of carbonyl (C=O) groups is 1. The number of rotatable bonds is 8. The van der Waals surface area contributed by atoms with Gasteiger partial charge in [0.2, 0.25) is 15.9 Å². The fraction of sp³-hybridized carbons (Fsp3) is 0.136. The quantitative estimate of drug-likeness (QED) is 0.514. The summed E-state index contributed by atoms with van der Waals surface area (Å²) in [5.41, 5.74) is 2.50. The van der Waals surface area contributed by atoms with Crippen LogP contribution >= 0.6 is 0 Å². The van der Waals surface area contributed by atoms with Crippen molar-refractivity contribution >= 4 is 21.6 Å². The van der Waals surface area contributed by atoms with E-state index >= 15 is 0 Å². The first-order chi connectivity index (χ1) is 14.4. The fourth-order valence-corrected chi connectivity index (χ4v) is 3.51. The second-order valence-corrected chi connectivity index (χ2v) is 8.18. The summed E-state index contributed by atoms with van der Waals surface area (Å²) in [7, 11) is -2.16. The SMILES string of the molecule is COc1ccc(C(NCC(=O)Nc2ccc(S(N)(=O)=O)cc2)c2ccccc2)cc1. The van der Waals surface area contributed by atoms with Gasteiger partial charge in [0.1, 0.15) is 5.75 Å². The number of ether oxygens (including phenoxy) is 1. The van der Waals surface area contributed by atoms with Crippen LogP contribution in [0.15, 0.2) is 83.8 Å². The first-order valence-corrected chi connectivity index (χ1v) is 10.8. The molecule has 3 aromatic rings. The molecule has 0 aliphatic heterocycles. The average Bonchev–Trinajstić information content (AvgIpc) is 2.75. The highest BCUT2D eigenvalue weighted by molar-refractivity contribution is 7.89. The normalized spacial score (nSPS) is 12.2. The van der Waals surface area contributed by atoms with E-state index in [-0.39, 0.29) is 23.4 Å². The Labute approximate surface area is 175 Å². The zero-order chi connectivity index (χ0) is 21.6. The van der Waals surface area contributed by atoms with Crippen molar-refractivity contribution in [1.82, 2.24) is 5.32 Å². The van der Waals surface area contributed by atoms with Crippen LogP contribution in [0.1, 0.15) is 17.2 Å². The second kappa shape index (κ2) is 9.53. The van der Waals surface area contributed by atoms with Gasteiger partial charge in [0, 0.05) is 5.69 Å². The minimum absolute atomic E-state index is 0.0118. The maximum atomic E-state index is 12.4. The van der Waals surface area contributed by atoms with Crippen molar-refractivity contribution in [3.63, 3.8) is 0 Å².